The van der Waals surface area contributed by atoms with Gasteiger partial charge >= 0.3 is 23.6 Å². The van der Waals surface area contributed by atoms with E-state index in [0.717, 1.165) is 7.11 Å². The molecular formula is C18H20N2O10. The number of aryl methyl sites for hydroxylation is 1. The van der Waals surface area contributed by atoms with Crippen LogP contribution in [0, 0.1) is 6.92 Å². The number of hydrogen-bond donors (Lipinski definition) is 1. The highest BCUT2D eigenvalue weighted by Crippen LogP contribution is 2.29. The molecule has 1 fully saturated rings. The van der Waals surface area contributed by atoms with Gasteiger partial charge in [-0.25, -0.2) is 9.59 Å². The van der Waals surface area contributed by atoms with Crippen molar-refractivity contribution in [1.29, 1.82) is 0 Å². The first kappa shape index (κ1) is 21.5. The molecule has 0 aliphatic carbocycles. The van der Waals surface area contributed by atoms with Gasteiger partial charge in [0, 0.05) is 11.8 Å². The quantitative estimate of drug-likeness (QED) is 0.330. The average Bonchev–Trinajstić information content (AvgIpc) is 3.30. The number of aromatic amines is 1. The highest BCUT2D eigenvalue weighted by atomic mass is 16.7. The minimum Gasteiger partial charge on any atom is -0.469 e. The van der Waals surface area contributed by atoms with E-state index < -0.39 is 59.9 Å². The van der Waals surface area contributed by atoms with Gasteiger partial charge in [-0.05, 0) is 13.0 Å². The van der Waals surface area contributed by atoms with Crippen LogP contribution in [0.2, 0.25) is 0 Å². The number of nitrogens with zero attached hydrogens (tertiary/aromatic N) is 1. The second-order valence-corrected chi connectivity index (χ2v) is 6.73. The summed E-state index contributed by atoms with van der Waals surface area (Å²) in [6.07, 6.45) is 2.06. The maximum absolute atomic E-state index is 12.2. The Kier molecular flexibility index (Phi) is 6.17. The lowest BCUT2D eigenvalue weighted by atomic mass is 9.96. The SMILES string of the molecule is COC(=O)CC1(CC(=O)OC[C@@H]2C=C[C@H](n3cc(C)c(=O)[nH]c3=O)O2)OCOC1=O. The molecule has 0 radical (unpaired) electrons. The molecule has 30 heavy (non-hydrogen) atoms. The number of carbonyl (C=O) groups excluding carboxylic acids is 3. The van der Waals surface area contributed by atoms with Gasteiger partial charge in [0.05, 0.1) is 20.0 Å². The molecule has 2 aliphatic heterocycles. The summed E-state index contributed by atoms with van der Waals surface area (Å²) in [7, 11) is 1.14. The van der Waals surface area contributed by atoms with Gasteiger partial charge in [0.15, 0.2) is 18.6 Å². The predicted molar refractivity (Wildman–Crippen MR) is 96.1 cm³/mol. The van der Waals surface area contributed by atoms with Gasteiger partial charge in [-0.2, -0.15) is 0 Å². The Morgan fingerprint density at radius 3 is 2.63 bits per heavy atom. The van der Waals surface area contributed by atoms with Crippen molar-refractivity contribution in [3.63, 3.8) is 0 Å². The lowest BCUT2D eigenvalue weighted by Crippen LogP contribution is -2.42. The second kappa shape index (κ2) is 8.63. The fourth-order valence-electron chi connectivity index (χ4n) is 2.98. The molecule has 3 heterocycles. The zero-order valence-corrected chi connectivity index (χ0v) is 16.2. The lowest BCUT2D eigenvalue weighted by Gasteiger charge is -2.22. The van der Waals surface area contributed by atoms with Gasteiger partial charge in [0.2, 0.25) is 0 Å². The molecule has 0 aromatic carbocycles. The Hall–Kier alpha value is -3.25. The molecule has 162 valence electrons. The molecule has 3 atom stereocenters. The molecule has 1 aromatic heterocycles. The smallest absolute Gasteiger partial charge is 0.341 e. The van der Waals surface area contributed by atoms with Crippen LogP contribution in [0.5, 0.6) is 0 Å². The Labute approximate surface area is 169 Å². The van der Waals surface area contributed by atoms with Gasteiger partial charge in [0.25, 0.3) is 5.56 Å². The molecule has 1 aromatic rings. The average molecular weight is 424 g/mol. The number of rotatable bonds is 7. The summed E-state index contributed by atoms with van der Waals surface area (Å²) < 4.78 is 26.4. The van der Waals surface area contributed by atoms with E-state index in [4.69, 9.17) is 18.9 Å². The summed E-state index contributed by atoms with van der Waals surface area (Å²) in [5.74, 6) is -2.40. The number of carbonyl (C=O) groups is 3. The first-order chi connectivity index (χ1) is 14.2. The third kappa shape index (κ3) is 4.49. The number of hydrogen-bond acceptors (Lipinski definition) is 10. The summed E-state index contributed by atoms with van der Waals surface area (Å²) in [5.41, 5.74) is -2.59. The minimum atomic E-state index is -1.79. The van der Waals surface area contributed by atoms with Crippen molar-refractivity contribution in [3.05, 3.63) is 44.8 Å². The van der Waals surface area contributed by atoms with E-state index in [1.165, 1.54) is 10.8 Å². The van der Waals surface area contributed by atoms with Crippen LogP contribution >= 0.6 is 0 Å². The molecule has 2 aliphatic rings. The zero-order chi connectivity index (χ0) is 21.9. The number of ether oxygens (including phenoxy) is 5. The highest BCUT2D eigenvalue weighted by molar-refractivity contribution is 5.91. The Morgan fingerprint density at radius 1 is 1.23 bits per heavy atom. The summed E-state index contributed by atoms with van der Waals surface area (Å²) >= 11 is 0. The van der Waals surface area contributed by atoms with E-state index in [1.54, 1.807) is 19.1 Å². The number of cyclic esters (lactones) is 1. The second-order valence-electron chi connectivity index (χ2n) is 6.73. The van der Waals surface area contributed by atoms with Gasteiger partial charge in [-0.3, -0.25) is 23.9 Å². The van der Waals surface area contributed by atoms with Crippen LogP contribution in [0.25, 0.3) is 0 Å². The molecule has 0 saturated carbocycles. The largest absolute Gasteiger partial charge is 0.469 e. The van der Waals surface area contributed by atoms with E-state index in [1.807, 2.05) is 0 Å². The van der Waals surface area contributed by atoms with Crippen molar-refractivity contribution in [2.24, 2.45) is 0 Å². The van der Waals surface area contributed by atoms with Gasteiger partial charge < -0.3 is 23.7 Å². The molecule has 0 bridgehead atoms. The van der Waals surface area contributed by atoms with Crippen molar-refractivity contribution in [2.75, 3.05) is 20.5 Å². The Bertz CT molecular complexity index is 993. The van der Waals surface area contributed by atoms with E-state index in [-0.39, 0.29) is 13.4 Å². The number of methoxy groups -OCH3 is 1. The molecule has 1 unspecified atom stereocenters. The van der Waals surface area contributed by atoms with Gasteiger partial charge in [-0.15, -0.1) is 0 Å². The monoisotopic (exact) mass is 424 g/mol. The maximum Gasteiger partial charge on any atom is 0.341 e. The van der Waals surface area contributed by atoms with Crippen LogP contribution in [-0.2, 0) is 38.1 Å². The first-order valence-electron chi connectivity index (χ1n) is 8.93. The molecule has 0 amide bonds. The molecular weight excluding hydrogens is 404 g/mol. The van der Waals surface area contributed by atoms with E-state index >= 15 is 0 Å². The number of nitrogens with one attached hydrogen (secondary N) is 1. The van der Waals surface area contributed by atoms with Crippen LogP contribution in [0.3, 0.4) is 0 Å². The van der Waals surface area contributed by atoms with Crippen molar-refractivity contribution in [3.8, 4) is 0 Å². The van der Waals surface area contributed by atoms with Crippen molar-refractivity contribution >= 4 is 17.9 Å². The van der Waals surface area contributed by atoms with Crippen LogP contribution in [-0.4, -0.2) is 59.7 Å². The molecule has 1 saturated heterocycles. The Morgan fingerprint density at radius 2 is 1.97 bits per heavy atom. The molecule has 1 N–H and O–H groups in total. The summed E-state index contributed by atoms with van der Waals surface area (Å²) in [4.78, 5) is 61.3. The maximum atomic E-state index is 12.2. The van der Waals surface area contributed by atoms with Crippen molar-refractivity contribution < 1.29 is 38.1 Å². The van der Waals surface area contributed by atoms with E-state index in [9.17, 15) is 24.0 Å². The first-order valence-corrected chi connectivity index (χ1v) is 8.93. The lowest BCUT2D eigenvalue weighted by molar-refractivity contribution is -0.163. The fraction of sp³-hybridized carbons (Fsp3) is 0.500. The normalized spacial score (nSPS) is 25.2. The molecule has 0 spiro atoms. The van der Waals surface area contributed by atoms with Crippen LogP contribution in [0.15, 0.2) is 27.9 Å². The molecule has 12 heteroatoms. The minimum absolute atomic E-state index is 0.202. The Balaban J connectivity index is 1.57. The van der Waals surface area contributed by atoms with Crippen molar-refractivity contribution in [1.82, 2.24) is 9.55 Å². The van der Waals surface area contributed by atoms with Crippen molar-refractivity contribution in [2.45, 2.75) is 37.7 Å². The van der Waals surface area contributed by atoms with E-state index in [2.05, 4.69) is 9.72 Å². The van der Waals surface area contributed by atoms with Gasteiger partial charge in [-0.1, -0.05) is 6.08 Å². The molecule has 12 nitrogen and oxygen atoms in total. The number of H-pyrrole nitrogens is 1. The fourth-order valence-corrected chi connectivity index (χ4v) is 2.98. The highest BCUT2D eigenvalue weighted by Gasteiger charge is 2.50. The predicted octanol–water partition coefficient (Wildman–Crippen LogP) is -0.935. The standard InChI is InChI=1S/C18H20N2O10/c1-10-7-20(17(25)19-15(10)23)12-4-3-11(30-12)8-27-14(22)6-18(5-13(21)26-2)16(24)28-9-29-18/h3-4,7,11-12H,5-6,8-9H2,1-2H3,(H,19,23,25)/t11-,12+,18?/m0/s1. The molecule has 3 rings (SSSR count). The third-order valence-electron chi connectivity index (χ3n) is 4.62. The summed E-state index contributed by atoms with van der Waals surface area (Å²) in [5, 5.41) is 0. The third-order valence-corrected chi connectivity index (χ3v) is 4.62. The van der Waals surface area contributed by atoms with Crippen LogP contribution < -0.4 is 11.2 Å². The van der Waals surface area contributed by atoms with Crippen LogP contribution in [0.4, 0.5) is 0 Å². The van der Waals surface area contributed by atoms with Gasteiger partial charge in [0.1, 0.15) is 12.7 Å². The summed E-state index contributed by atoms with van der Waals surface area (Å²) in [6, 6.07) is 0. The van der Waals surface area contributed by atoms with Crippen LogP contribution in [0.1, 0.15) is 24.6 Å². The number of esters is 3. The zero-order valence-electron chi connectivity index (χ0n) is 16.2. The topological polar surface area (TPSA) is 152 Å². The number of aromatic nitrogens is 2. The summed E-state index contributed by atoms with van der Waals surface area (Å²) in [6.45, 7) is 0.964. The van der Waals surface area contributed by atoms with E-state index in [0.29, 0.717) is 5.56 Å².